The van der Waals surface area contributed by atoms with Gasteiger partial charge >= 0.3 is 13.5 Å². The third kappa shape index (κ3) is 3.47. The summed E-state index contributed by atoms with van der Waals surface area (Å²) in [6.45, 7) is -0.698. The molecule has 1 saturated heterocycles. The molecule has 0 saturated carbocycles. The van der Waals surface area contributed by atoms with Gasteiger partial charge in [-0.3, -0.25) is 18.9 Å². The summed E-state index contributed by atoms with van der Waals surface area (Å²) in [7, 11) is -4.94. The number of ether oxygens (including phenoxy) is 1. The van der Waals surface area contributed by atoms with Gasteiger partial charge in [-0.1, -0.05) is 0 Å². The minimum absolute atomic E-state index is 0.662. The summed E-state index contributed by atoms with van der Waals surface area (Å²) in [5.41, 5.74) is -1.55. The Balaban J connectivity index is 2.33. The number of aromatic amines is 1. The van der Waals surface area contributed by atoms with Crippen LogP contribution in [0.25, 0.3) is 0 Å². The summed E-state index contributed by atoms with van der Waals surface area (Å²) in [6.07, 6.45) is -4.76. The molecular formula is C9H13N2O9P. The Labute approximate surface area is 116 Å². The summed E-state index contributed by atoms with van der Waals surface area (Å²) < 4.78 is 21.2. The quantitative estimate of drug-likeness (QED) is 0.368. The average molecular weight is 324 g/mol. The van der Waals surface area contributed by atoms with Crippen molar-refractivity contribution in [3.63, 3.8) is 0 Å². The van der Waals surface area contributed by atoms with E-state index in [0.717, 1.165) is 16.8 Å². The van der Waals surface area contributed by atoms with Gasteiger partial charge in [0.05, 0.1) is 6.61 Å². The van der Waals surface area contributed by atoms with Gasteiger partial charge < -0.3 is 24.7 Å². The maximum Gasteiger partial charge on any atom is 0.470 e. The van der Waals surface area contributed by atoms with E-state index in [2.05, 4.69) is 4.52 Å². The first kappa shape index (κ1) is 16.0. The van der Waals surface area contributed by atoms with Gasteiger partial charge in [0, 0.05) is 12.3 Å². The van der Waals surface area contributed by atoms with Gasteiger partial charge in [-0.25, -0.2) is 9.36 Å². The Bertz CT molecular complexity index is 664. The van der Waals surface area contributed by atoms with Crippen LogP contribution in [-0.4, -0.2) is 54.5 Å². The predicted octanol–water partition coefficient (Wildman–Crippen LogP) is -2.73. The number of phosphoric ester groups is 1. The average Bonchev–Trinajstić information content (AvgIpc) is 2.65. The molecule has 1 fully saturated rings. The van der Waals surface area contributed by atoms with E-state index in [1.165, 1.54) is 0 Å². The standard InChI is InChI=1S/C9H13N2O9P/c12-3-4-7(20-21(16,17)18)6(14)8(19-4)11-2-1-5(13)10-9(11)15/h1-2,4,6-8,12,14H,3H2,(H,10,13,15)(H2,16,17,18)/t4-,6-,7-,8+/m1/s1. The number of aliphatic hydroxyl groups excluding tert-OH is 2. The molecule has 0 unspecified atom stereocenters. The Morgan fingerprint density at radius 1 is 1.43 bits per heavy atom. The molecule has 1 aliphatic heterocycles. The van der Waals surface area contributed by atoms with Crippen LogP contribution in [0.3, 0.4) is 0 Å². The number of aliphatic hydroxyl groups is 2. The molecule has 2 heterocycles. The van der Waals surface area contributed by atoms with Crippen LogP contribution in [0.1, 0.15) is 6.23 Å². The van der Waals surface area contributed by atoms with Crippen LogP contribution < -0.4 is 11.2 Å². The lowest BCUT2D eigenvalue weighted by Crippen LogP contribution is -2.38. The van der Waals surface area contributed by atoms with Crippen molar-refractivity contribution < 1.29 is 33.8 Å². The first-order valence-corrected chi connectivity index (χ1v) is 7.26. The van der Waals surface area contributed by atoms with Crippen molar-refractivity contribution in [1.82, 2.24) is 9.55 Å². The van der Waals surface area contributed by atoms with Gasteiger partial charge in [-0.15, -0.1) is 0 Å². The van der Waals surface area contributed by atoms with Crippen molar-refractivity contribution in [1.29, 1.82) is 0 Å². The Hall–Kier alpha value is -1.33. The van der Waals surface area contributed by atoms with E-state index in [-0.39, 0.29) is 0 Å². The van der Waals surface area contributed by atoms with Crippen LogP contribution in [0.4, 0.5) is 0 Å². The molecule has 0 aromatic carbocycles. The van der Waals surface area contributed by atoms with Crippen molar-refractivity contribution in [3.05, 3.63) is 33.1 Å². The Kier molecular flexibility index (Phi) is 4.44. The summed E-state index contributed by atoms with van der Waals surface area (Å²) in [5, 5.41) is 19.1. The molecule has 1 aromatic heterocycles. The van der Waals surface area contributed by atoms with Crippen LogP contribution >= 0.6 is 7.82 Å². The van der Waals surface area contributed by atoms with Crippen LogP contribution in [0.15, 0.2) is 21.9 Å². The lowest BCUT2D eigenvalue weighted by atomic mass is 10.1. The number of phosphoric acid groups is 1. The molecule has 0 bridgehead atoms. The number of H-pyrrole nitrogens is 1. The largest absolute Gasteiger partial charge is 0.470 e. The lowest BCUT2D eigenvalue weighted by molar-refractivity contribution is -0.0549. The fraction of sp³-hybridized carbons (Fsp3) is 0.556. The molecule has 0 spiro atoms. The highest BCUT2D eigenvalue weighted by Gasteiger charge is 2.48. The highest BCUT2D eigenvalue weighted by molar-refractivity contribution is 7.46. The fourth-order valence-electron chi connectivity index (χ4n) is 2.01. The second-order valence-electron chi connectivity index (χ2n) is 4.32. The van der Waals surface area contributed by atoms with Crippen LogP contribution in [-0.2, 0) is 13.8 Å². The third-order valence-electron chi connectivity index (χ3n) is 2.87. The Morgan fingerprint density at radius 3 is 2.62 bits per heavy atom. The third-order valence-corrected chi connectivity index (χ3v) is 3.39. The molecular weight excluding hydrogens is 311 g/mol. The van der Waals surface area contributed by atoms with Gasteiger partial charge in [0.15, 0.2) is 6.23 Å². The zero-order valence-electron chi connectivity index (χ0n) is 10.4. The van der Waals surface area contributed by atoms with Crippen LogP contribution in [0.2, 0.25) is 0 Å². The van der Waals surface area contributed by atoms with Gasteiger partial charge in [-0.05, 0) is 0 Å². The lowest BCUT2D eigenvalue weighted by Gasteiger charge is -2.20. The molecule has 11 nitrogen and oxygen atoms in total. The molecule has 4 atom stereocenters. The van der Waals surface area contributed by atoms with Crippen LogP contribution in [0.5, 0.6) is 0 Å². The first-order valence-electron chi connectivity index (χ1n) is 5.73. The first-order chi connectivity index (χ1) is 9.73. The van der Waals surface area contributed by atoms with Crippen molar-refractivity contribution in [3.8, 4) is 0 Å². The second kappa shape index (κ2) is 5.81. The number of nitrogens with one attached hydrogen (secondary N) is 1. The molecule has 1 aliphatic rings. The normalized spacial score (nSPS) is 29.7. The van der Waals surface area contributed by atoms with E-state index < -0.39 is 50.2 Å². The molecule has 1 aromatic rings. The molecule has 0 aliphatic carbocycles. The minimum atomic E-state index is -4.94. The van der Waals surface area contributed by atoms with Gasteiger partial charge in [0.2, 0.25) is 0 Å². The van der Waals surface area contributed by atoms with Crippen molar-refractivity contribution in [2.45, 2.75) is 24.5 Å². The van der Waals surface area contributed by atoms with E-state index in [4.69, 9.17) is 19.6 Å². The number of aromatic nitrogens is 2. The molecule has 0 amide bonds. The van der Waals surface area contributed by atoms with E-state index in [9.17, 15) is 19.3 Å². The fourth-order valence-corrected chi connectivity index (χ4v) is 2.59. The number of rotatable bonds is 4. The molecule has 2 rings (SSSR count). The molecule has 12 heteroatoms. The smallest absolute Gasteiger partial charge is 0.394 e. The number of nitrogens with zero attached hydrogens (tertiary/aromatic N) is 1. The van der Waals surface area contributed by atoms with Crippen molar-refractivity contribution in [2.24, 2.45) is 0 Å². The molecule has 5 N–H and O–H groups in total. The maximum atomic E-state index is 11.6. The molecule has 0 radical (unpaired) electrons. The SMILES string of the molecule is O=c1ccn([C@H]2O[C@H](CO)[C@@H](OP(=O)(O)O)[C@H]2O)c(=O)[nH]1. The highest BCUT2D eigenvalue weighted by atomic mass is 31.2. The number of hydrogen-bond acceptors (Lipinski definition) is 7. The highest BCUT2D eigenvalue weighted by Crippen LogP contribution is 2.43. The summed E-state index contributed by atoms with van der Waals surface area (Å²) >= 11 is 0. The maximum absolute atomic E-state index is 11.6. The van der Waals surface area contributed by atoms with Crippen LogP contribution in [0, 0.1) is 0 Å². The minimum Gasteiger partial charge on any atom is -0.394 e. The zero-order valence-corrected chi connectivity index (χ0v) is 11.3. The second-order valence-corrected chi connectivity index (χ2v) is 5.51. The van der Waals surface area contributed by atoms with E-state index in [1.807, 2.05) is 4.98 Å². The monoisotopic (exact) mass is 324 g/mol. The topological polar surface area (TPSA) is 171 Å². The van der Waals surface area contributed by atoms with Crippen molar-refractivity contribution >= 4 is 7.82 Å². The number of hydrogen-bond donors (Lipinski definition) is 5. The Morgan fingerprint density at radius 2 is 2.10 bits per heavy atom. The molecule has 118 valence electrons. The van der Waals surface area contributed by atoms with Gasteiger partial charge in [0.1, 0.15) is 18.3 Å². The van der Waals surface area contributed by atoms with E-state index >= 15 is 0 Å². The summed E-state index contributed by atoms with van der Waals surface area (Å²) in [5.74, 6) is 0. The summed E-state index contributed by atoms with van der Waals surface area (Å²) in [4.78, 5) is 42.1. The molecule has 21 heavy (non-hydrogen) atoms. The zero-order chi connectivity index (χ0) is 15.8. The van der Waals surface area contributed by atoms with E-state index in [1.54, 1.807) is 0 Å². The predicted molar refractivity (Wildman–Crippen MR) is 65.2 cm³/mol. The van der Waals surface area contributed by atoms with E-state index in [0.29, 0.717) is 0 Å². The summed E-state index contributed by atoms with van der Waals surface area (Å²) in [6, 6.07) is 1.00. The van der Waals surface area contributed by atoms with Crippen molar-refractivity contribution in [2.75, 3.05) is 6.61 Å². The van der Waals surface area contributed by atoms with Gasteiger partial charge in [0.25, 0.3) is 5.56 Å². The van der Waals surface area contributed by atoms with Gasteiger partial charge in [-0.2, -0.15) is 0 Å².